The maximum Gasteiger partial charge on any atom is 0.176 e. The molecule has 0 radical (unpaired) electrons. The summed E-state index contributed by atoms with van der Waals surface area (Å²) in [7, 11) is 3.20. The van der Waals surface area contributed by atoms with Crippen molar-refractivity contribution < 1.29 is 9.47 Å². The number of benzene rings is 1. The van der Waals surface area contributed by atoms with E-state index in [1.165, 1.54) is 0 Å². The van der Waals surface area contributed by atoms with Crippen LogP contribution >= 0.6 is 27.5 Å². The fourth-order valence-electron chi connectivity index (χ4n) is 1.24. The van der Waals surface area contributed by atoms with E-state index in [9.17, 15) is 0 Å². The minimum Gasteiger partial charge on any atom is -0.493 e. The summed E-state index contributed by atoms with van der Waals surface area (Å²) >= 11 is 9.51. The average Bonchev–Trinajstić information content (AvgIpc) is 2.21. The zero-order chi connectivity index (χ0) is 10.7. The summed E-state index contributed by atoms with van der Waals surface area (Å²) in [5.41, 5.74) is 1.04. The molecule has 2 nitrogen and oxygen atoms in total. The van der Waals surface area contributed by atoms with Crippen molar-refractivity contribution in [2.45, 2.75) is 13.3 Å². The number of aryl methyl sites for hydroxylation is 1. The van der Waals surface area contributed by atoms with Crippen molar-refractivity contribution in [2.75, 3.05) is 14.2 Å². The molecule has 0 saturated heterocycles. The Labute approximate surface area is 97.3 Å². The van der Waals surface area contributed by atoms with Crippen molar-refractivity contribution in [1.29, 1.82) is 0 Å². The highest BCUT2D eigenvalue weighted by Gasteiger charge is 2.15. The number of ether oxygens (including phenoxy) is 2. The van der Waals surface area contributed by atoms with Gasteiger partial charge in [-0.25, -0.2) is 0 Å². The Bertz CT molecular complexity index is 339. The van der Waals surface area contributed by atoms with Crippen LogP contribution < -0.4 is 9.47 Å². The summed E-state index contributed by atoms with van der Waals surface area (Å²) in [6.07, 6.45) is 0.859. The van der Waals surface area contributed by atoms with Crippen LogP contribution in [0.5, 0.6) is 11.5 Å². The van der Waals surface area contributed by atoms with Gasteiger partial charge in [0.2, 0.25) is 0 Å². The van der Waals surface area contributed by atoms with Crippen LogP contribution in [0, 0.1) is 0 Å². The van der Waals surface area contributed by atoms with Gasteiger partial charge < -0.3 is 9.47 Å². The molecule has 1 rings (SSSR count). The molecule has 0 amide bonds. The molecule has 78 valence electrons. The van der Waals surface area contributed by atoms with E-state index >= 15 is 0 Å². The highest BCUT2D eigenvalue weighted by atomic mass is 79.9. The largest absolute Gasteiger partial charge is 0.493 e. The first-order valence-corrected chi connectivity index (χ1v) is 5.41. The molecule has 0 spiro atoms. The van der Waals surface area contributed by atoms with Gasteiger partial charge in [0, 0.05) is 0 Å². The Morgan fingerprint density at radius 1 is 1.36 bits per heavy atom. The minimum atomic E-state index is 0.634. The number of hydrogen-bond acceptors (Lipinski definition) is 2. The second kappa shape index (κ2) is 4.89. The van der Waals surface area contributed by atoms with E-state index in [0.717, 1.165) is 16.5 Å². The van der Waals surface area contributed by atoms with Gasteiger partial charge in [0.1, 0.15) is 0 Å². The molecule has 14 heavy (non-hydrogen) atoms. The van der Waals surface area contributed by atoms with E-state index in [2.05, 4.69) is 15.9 Å². The van der Waals surface area contributed by atoms with Crippen LogP contribution in [0.1, 0.15) is 12.5 Å². The van der Waals surface area contributed by atoms with Crippen molar-refractivity contribution >= 4 is 27.5 Å². The molecule has 0 heterocycles. The normalized spacial score (nSPS) is 10.1. The molecule has 0 unspecified atom stereocenters. The van der Waals surface area contributed by atoms with Gasteiger partial charge >= 0.3 is 0 Å². The predicted molar refractivity (Wildman–Crippen MR) is 61.6 cm³/mol. The first-order valence-electron chi connectivity index (χ1n) is 4.24. The van der Waals surface area contributed by atoms with E-state index in [0.29, 0.717) is 16.5 Å². The van der Waals surface area contributed by atoms with Crippen LogP contribution in [0.25, 0.3) is 0 Å². The second-order valence-corrected chi connectivity index (χ2v) is 3.92. The molecule has 0 aliphatic rings. The predicted octanol–water partition coefficient (Wildman–Crippen LogP) is 3.68. The molecule has 0 atom stereocenters. The molecular weight excluding hydrogens is 267 g/mol. The van der Waals surface area contributed by atoms with Crippen molar-refractivity contribution in [2.24, 2.45) is 0 Å². The van der Waals surface area contributed by atoms with Gasteiger partial charge in [-0.05, 0) is 34.0 Å². The molecule has 0 saturated carbocycles. The highest BCUT2D eigenvalue weighted by Crippen LogP contribution is 2.42. The molecule has 0 N–H and O–H groups in total. The summed E-state index contributed by atoms with van der Waals surface area (Å²) in [5.74, 6) is 1.33. The topological polar surface area (TPSA) is 18.5 Å². The third kappa shape index (κ3) is 1.98. The van der Waals surface area contributed by atoms with E-state index in [4.69, 9.17) is 21.1 Å². The van der Waals surface area contributed by atoms with Gasteiger partial charge in [-0.1, -0.05) is 18.5 Å². The minimum absolute atomic E-state index is 0.634. The first kappa shape index (κ1) is 11.7. The lowest BCUT2D eigenvalue weighted by Gasteiger charge is -2.13. The maximum atomic E-state index is 6.12. The first-order chi connectivity index (χ1) is 6.65. The molecule has 0 bridgehead atoms. The Morgan fingerprint density at radius 3 is 2.43 bits per heavy atom. The van der Waals surface area contributed by atoms with E-state index in [1.54, 1.807) is 14.2 Å². The van der Waals surface area contributed by atoms with Crippen LogP contribution in [0.15, 0.2) is 10.5 Å². The van der Waals surface area contributed by atoms with Crippen molar-refractivity contribution in [1.82, 2.24) is 0 Å². The molecular formula is C10H12BrClO2. The van der Waals surface area contributed by atoms with Crippen LogP contribution in [-0.4, -0.2) is 14.2 Å². The van der Waals surface area contributed by atoms with Gasteiger partial charge in [-0.3, -0.25) is 0 Å². The van der Waals surface area contributed by atoms with Crippen LogP contribution in [0.4, 0.5) is 0 Å². The van der Waals surface area contributed by atoms with Gasteiger partial charge in [-0.15, -0.1) is 0 Å². The summed E-state index contributed by atoms with van der Waals surface area (Å²) in [4.78, 5) is 0. The fourth-order valence-corrected chi connectivity index (χ4v) is 2.12. The smallest absolute Gasteiger partial charge is 0.176 e. The van der Waals surface area contributed by atoms with Crippen LogP contribution in [-0.2, 0) is 6.42 Å². The third-order valence-corrected chi connectivity index (χ3v) is 3.42. The zero-order valence-electron chi connectivity index (χ0n) is 8.36. The zero-order valence-corrected chi connectivity index (χ0v) is 10.7. The molecule has 0 aliphatic carbocycles. The molecule has 1 aromatic carbocycles. The van der Waals surface area contributed by atoms with Crippen molar-refractivity contribution in [3.63, 3.8) is 0 Å². The number of rotatable bonds is 3. The quantitative estimate of drug-likeness (QED) is 0.840. The van der Waals surface area contributed by atoms with E-state index < -0.39 is 0 Å². The lowest BCUT2D eigenvalue weighted by molar-refractivity contribution is 0.352. The van der Waals surface area contributed by atoms with Gasteiger partial charge in [0.15, 0.2) is 11.5 Å². The number of halogens is 2. The Kier molecular flexibility index (Phi) is 4.08. The van der Waals surface area contributed by atoms with Gasteiger partial charge in [0.25, 0.3) is 0 Å². The Balaban J connectivity index is 3.38. The Hall–Kier alpha value is -0.410. The lowest BCUT2D eigenvalue weighted by Crippen LogP contribution is -1.95. The third-order valence-electron chi connectivity index (χ3n) is 2.01. The molecule has 0 aromatic heterocycles. The SMILES string of the molecule is CCc1cc(OC)c(OC)c(Br)c1Cl. The maximum absolute atomic E-state index is 6.12. The molecule has 0 fully saturated rings. The average molecular weight is 280 g/mol. The van der Waals surface area contributed by atoms with Gasteiger partial charge in [0.05, 0.1) is 23.7 Å². The van der Waals surface area contributed by atoms with Crippen LogP contribution in [0.3, 0.4) is 0 Å². The number of methoxy groups -OCH3 is 2. The van der Waals surface area contributed by atoms with Crippen molar-refractivity contribution in [3.8, 4) is 11.5 Å². The molecule has 0 aliphatic heterocycles. The number of hydrogen-bond donors (Lipinski definition) is 0. The summed E-state index contributed by atoms with van der Waals surface area (Å²) in [6.45, 7) is 2.04. The molecule has 1 aromatic rings. The standard InChI is InChI=1S/C10H12BrClO2/c1-4-6-5-7(13-2)10(14-3)8(11)9(6)12/h5H,4H2,1-3H3. The second-order valence-electron chi connectivity index (χ2n) is 2.75. The summed E-state index contributed by atoms with van der Waals surface area (Å²) in [5, 5.41) is 0.685. The van der Waals surface area contributed by atoms with Crippen molar-refractivity contribution in [3.05, 3.63) is 21.1 Å². The van der Waals surface area contributed by atoms with Crippen LogP contribution in [0.2, 0.25) is 5.02 Å². The monoisotopic (exact) mass is 278 g/mol. The fraction of sp³-hybridized carbons (Fsp3) is 0.400. The highest BCUT2D eigenvalue weighted by molar-refractivity contribution is 9.10. The van der Waals surface area contributed by atoms with E-state index in [1.807, 2.05) is 13.0 Å². The Morgan fingerprint density at radius 2 is 2.00 bits per heavy atom. The summed E-state index contributed by atoms with van der Waals surface area (Å²) < 4.78 is 11.1. The van der Waals surface area contributed by atoms with Gasteiger partial charge in [-0.2, -0.15) is 0 Å². The summed E-state index contributed by atoms with van der Waals surface area (Å²) in [6, 6.07) is 1.89. The lowest BCUT2D eigenvalue weighted by atomic mass is 10.1. The van der Waals surface area contributed by atoms with E-state index in [-0.39, 0.29) is 0 Å². The molecule has 4 heteroatoms.